The second-order valence-electron chi connectivity index (χ2n) is 6.33. The number of carbonyl (C=O) groups excluding carboxylic acids is 1. The number of benzene rings is 1. The van der Waals surface area contributed by atoms with Crippen molar-refractivity contribution in [3.63, 3.8) is 0 Å². The average molecular weight is 347 g/mol. The Labute approximate surface area is 145 Å². The molecule has 0 bridgehead atoms. The van der Waals surface area contributed by atoms with E-state index in [0.717, 1.165) is 11.3 Å². The number of methoxy groups -OCH3 is 1. The van der Waals surface area contributed by atoms with Crippen LogP contribution in [0.25, 0.3) is 0 Å². The van der Waals surface area contributed by atoms with Crippen molar-refractivity contribution in [2.45, 2.75) is 25.5 Å². The molecule has 134 valence electrons. The van der Waals surface area contributed by atoms with Gasteiger partial charge in [-0.2, -0.15) is 15.4 Å². The second-order valence-corrected chi connectivity index (χ2v) is 6.33. The summed E-state index contributed by atoms with van der Waals surface area (Å²) in [5.41, 5.74) is 2.18. The molecule has 25 heavy (non-hydrogen) atoms. The molecule has 8 heteroatoms. The number of hydrogen-bond donors (Lipinski definition) is 2. The van der Waals surface area contributed by atoms with Crippen LogP contribution in [0.5, 0.6) is 0 Å². The standard InChI is InChI=1S/C17H22FN5O2/c1-11-3-4-12(5-14(11)18)6-19-17(24)10-23-8-13(16(9-23)25-2)15-7-20-22-21-15/h3-5,7,13,16H,6,8-10H2,1-2H3,(H,19,24)(H,20,21,22)/t13-,16+/m0/s1. The van der Waals surface area contributed by atoms with Crippen LogP contribution < -0.4 is 5.32 Å². The van der Waals surface area contributed by atoms with Gasteiger partial charge in [-0.3, -0.25) is 9.69 Å². The van der Waals surface area contributed by atoms with Gasteiger partial charge in [0.2, 0.25) is 5.91 Å². The van der Waals surface area contributed by atoms with E-state index >= 15 is 0 Å². The van der Waals surface area contributed by atoms with Crippen molar-refractivity contribution in [1.82, 2.24) is 25.6 Å². The Bertz CT molecular complexity index is 722. The molecule has 2 atom stereocenters. The quantitative estimate of drug-likeness (QED) is 0.814. The van der Waals surface area contributed by atoms with Crippen molar-refractivity contribution in [3.05, 3.63) is 47.0 Å². The molecule has 1 aromatic heterocycles. The van der Waals surface area contributed by atoms with Crippen molar-refractivity contribution in [3.8, 4) is 0 Å². The molecular formula is C17H22FN5O2. The molecule has 2 aromatic rings. The van der Waals surface area contributed by atoms with Gasteiger partial charge in [0.1, 0.15) is 5.82 Å². The minimum atomic E-state index is -0.260. The summed E-state index contributed by atoms with van der Waals surface area (Å²) in [5.74, 6) is -0.274. The monoisotopic (exact) mass is 347 g/mol. The van der Waals surface area contributed by atoms with Gasteiger partial charge in [0.15, 0.2) is 0 Å². The smallest absolute Gasteiger partial charge is 0.234 e. The number of nitrogens with zero attached hydrogens (tertiary/aromatic N) is 3. The van der Waals surface area contributed by atoms with Crippen LogP contribution in [0.4, 0.5) is 4.39 Å². The van der Waals surface area contributed by atoms with Crippen LogP contribution in [0.2, 0.25) is 0 Å². The predicted molar refractivity (Wildman–Crippen MR) is 89.3 cm³/mol. The van der Waals surface area contributed by atoms with Crippen LogP contribution in [0.3, 0.4) is 0 Å². The van der Waals surface area contributed by atoms with Gasteiger partial charge in [0, 0.05) is 32.7 Å². The van der Waals surface area contributed by atoms with E-state index in [4.69, 9.17) is 4.74 Å². The molecule has 0 unspecified atom stereocenters. The summed E-state index contributed by atoms with van der Waals surface area (Å²) in [7, 11) is 1.66. The summed E-state index contributed by atoms with van der Waals surface area (Å²) in [6.07, 6.45) is 1.66. The highest BCUT2D eigenvalue weighted by Crippen LogP contribution is 2.27. The normalized spacial score (nSPS) is 20.8. The molecular weight excluding hydrogens is 325 g/mol. The lowest BCUT2D eigenvalue weighted by Gasteiger charge is -2.15. The van der Waals surface area contributed by atoms with Crippen molar-refractivity contribution >= 4 is 5.91 Å². The van der Waals surface area contributed by atoms with Crippen molar-refractivity contribution in [1.29, 1.82) is 0 Å². The van der Waals surface area contributed by atoms with E-state index in [1.165, 1.54) is 6.07 Å². The fraction of sp³-hybridized carbons (Fsp3) is 0.471. The van der Waals surface area contributed by atoms with Crippen LogP contribution in [-0.4, -0.2) is 59.1 Å². The Morgan fingerprint density at radius 1 is 1.48 bits per heavy atom. The molecule has 1 amide bonds. The highest BCUT2D eigenvalue weighted by molar-refractivity contribution is 5.78. The lowest BCUT2D eigenvalue weighted by Crippen LogP contribution is -2.36. The van der Waals surface area contributed by atoms with Gasteiger partial charge >= 0.3 is 0 Å². The van der Waals surface area contributed by atoms with Gasteiger partial charge in [0.05, 0.1) is 24.5 Å². The molecule has 1 saturated heterocycles. The summed E-state index contributed by atoms with van der Waals surface area (Å²) in [6.45, 7) is 3.62. The van der Waals surface area contributed by atoms with Crippen LogP contribution in [0.15, 0.2) is 24.4 Å². The Balaban J connectivity index is 1.52. The molecule has 3 rings (SSSR count). The summed E-state index contributed by atoms with van der Waals surface area (Å²) < 4.78 is 19.1. The zero-order valence-corrected chi connectivity index (χ0v) is 14.3. The van der Waals surface area contributed by atoms with Gasteiger partial charge < -0.3 is 10.1 Å². The molecule has 7 nitrogen and oxygen atoms in total. The van der Waals surface area contributed by atoms with Crippen molar-refractivity contribution in [2.24, 2.45) is 0 Å². The second kappa shape index (κ2) is 7.71. The molecule has 1 aliphatic rings. The van der Waals surface area contributed by atoms with Gasteiger partial charge in [0.25, 0.3) is 0 Å². The van der Waals surface area contributed by atoms with Gasteiger partial charge in [-0.1, -0.05) is 12.1 Å². The number of halogens is 1. The first-order chi connectivity index (χ1) is 12.1. The topological polar surface area (TPSA) is 83.1 Å². The van der Waals surface area contributed by atoms with Gasteiger partial charge in [-0.05, 0) is 24.1 Å². The fourth-order valence-corrected chi connectivity index (χ4v) is 3.10. The molecule has 1 aliphatic heterocycles. The van der Waals surface area contributed by atoms with Crippen LogP contribution in [-0.2, 0) is 16.1 Å². The molecule has 1 aromatic carbocycles. The molecule has 0 saturated carbocycles. The number of aryl methyl sites for hydroxylation is 1. The fourth-order valence-electron chi connectivity index (χ4n) is 3.10. The number of ether oxygens (including phenoxy) is 1. The number of amides is 1. The van der Waals surface area contributed by atoms with E-state index in [0.29, 0.717) is 25.2 Å². The molecule has 0 aliphatic carbocycles. The number of nitrogens with one attached hydrogen (secondary N) is 2. The third kappa shape index (κ3) is 4.21. The zero-order valence-electron chi connectivity index (χ0n) is 14.3. The summed E-state index contributed by atoms with van der Waals surface area (Å²) in [4.78, 5) is 14.2. The number of H-pyrrole nitrogens is 1. The summed E-state index contributed by atoms with van der Waals surface area (Å²) in [5, 5.41) is 13.4. The van der Waals surface area contributed by atoms with Crippen LogP contribution in [0.1, 0.15) is 22.7 Å². The first-order valence-electron chi connectivity index (χ1n) is 8.19. The number of rotatable bonds is 6. The SMILES string of the molecule is CO[C@@H]1CN(CC(=O)NCc2ccc(C)c(F)c2)C[C@H]1c1cn[nH]n1. The minimum absolute atomic E-state index is 0.0240. The maximum Gasteiger partial charge on any atom is 0.234 e. The molecule has 0 radical (unpaired) electrons. The van der Waals surface area contributed by atoms with E-state index in [2.05, 4.69) is 20.7 Å². The van der Waals surface area contributed by atoms with E-state index in [9.17, 15) is 9.18 Å². The van der Waals surface area contributed by atoms with E-state index in [1.807, 2.05) is 11.0 Å². The van der Waals surface area contributed by atoms with Crippen molar-refractivity contribution < 1.29 is 13.9 Å². The predicted octanol–water partition coefficient (Wildman–Crippen LogP) is 0.983. The third-order valence-corrected chi connectivity index (χ3v) is 4.55. The number of likely N-dealkylation sites (tertiary alicyclic amines) is 1. The number of aromatic amines is 1. The van der Waals surface area contributed by atoms with E-state index in [1.54, 1.807) is 26.3 Å². The first kappa shape index (κ1) is 17.5. The Morgan fingerprint density at radius 2 is 2.32 bits per heavy atom. The molecule has 0 spiro atoms. The number of hydrogen-bond acceptors (Lipinski definition) is 5. The van der Waals surface area contributed by atoms with Crippen LogP contribution in [0, 0.1) is 12.7 Å². The van der Waals surface area contributed by atoms with Crippen LogP contribution >= 0.6 is 0 Å². The minimum Gasteiger partial charge on any atom is -0.379 e. The third-order valence-electron chi connectivity index (χ3n) is 4.55. The number of aromatic nitrogens is 3. The van der Waals surface area contributed by atoms with Gasteiger partial charge in [-0.15, -0.1) is 0 Å². The van der Waals surface area contributed by atoms with Gasteiger partial charge in [-0.25, -0.2) is 4.39 Å². The Kier molecular flexibility index (Phi) is 5.40. The summed E-state index contributed by atoms with van der Waals surface area (Å²) in [6, 6.07) is 4.98. The van der Waals surface area contributed by atoms with E-state index < -0.39 is 0 Å². The number of carbonyl (C=O) groups is 1. The maximum absolute atomic E-state index is 13.5. The first-order valence-corrected chi connectivity index (χ1v) is 8.19. The Hall–Kier alpha value is -2.32. The average Bonchev–Trinajstić information content (AvgIpc) is 3.25. The van der Waals surface area contributed by atoms with Crippen molar-refractivity contribution in [2.75, 3.05) is 26.7 Å². The van der Waals surface area contributed by atoms with E-state index in [-0.39, 0.29) is 30.3 Å². The summed E-state index contributed by atoms with van der Waals surface area (Å²) >= 11 is 0. The highest BCUT2D eigenvalue weighted by atomic mass is 19.1. The Morgan fingerprint density at radius 3 is 3.00 bits per heavy atom. The largest absolute Gasteiger partial charge is 0.379 e. The zero-order chi connectivity index (χ0) is 17.8. The maximum atomic E-state index is 13.5. The highest BCUT2D eigenvalue weighted by Gasteiger charge is 2.36. The molecule has 2 heterocycles. The molecule has 2 N–H and O–H groups in total. The molecule has 1 fully saturated rings. The lowest BCUT2D eigenvalue weighted by molar-refractivity contribution is -0.122. The lowest BCUT2D eigenvalue weighted by atomic mass is 10.0.